The SMILES string of the molecule is CCCC(COCCOCCOC)CS(=O)(=O)Cl. The lowest BCUT2D eigenvalue weighted by atomic mass is 10.1. The monoisotopic (exact) mass is 302 g/mol. The lowest BCUT2D eigenvalue weighted by Gasteiger charge is -2.14. The number of halogens is 1. The van der Waals surface area contributed by atoms with Crippen molar-refractivity contribution in [2.24, 2.45) is 5.92 Å². The molecule has 0 N–H and O–H groups in total. The van der Waals surface area contributed by atoms with Crippen molar-refractivity contribution in [2.75, 3.05) is 45.9 Å². The van der Waals surface area contributed by atoms with E-state index in [2.05, 4.69) is 0 Å². The van der Waals surface area contributed by atoms with Crippen LogP contribution in [0.4, 0.5) is 0 Å². The van der Waals surface area contributed by atoms with Gasteiger partial charge >= 0.3 is 0 Å². The van der Waals surface area contributed by atoms with Crippen LogP contribution in [-0.4, -0.2) is 54.3 Å². The smallest absolute Gasteiger partial charge is 0.232 e. The van der Waals surface area contributed by atoms with Crippen molar-refractivity contribution in [1.29, 1.82) is 0 Å². The predicted octanol–water partition coefficient (Wildman–Crippen LogP) is 1.65. The van der Waals surface area contributed by atoms with Gasteiger partial charge in [-0.05, 0) is 12.3 Å². The van der Waals surface area contributed by atoms with Gasteiger partial charge in [-0.25, -0.2) is 8.42 Å². The first kappa shape index (κ1) is 18.1. The minimum atomic E-state index is -3.46. The van der Waals surface area contributed by atoms with Gasteiger partial charge in [0.25, 0.3) is 0 Å². The van der Waals surface area contributed by atoms with Crippen LogP contribution in [0.2, 0.25) is 0 Å². The Hall–Kier alpha value is 0.120. The Morgan fingerprint density at radius 2 is 1.72 bits per heavy atom. The maximum Gasteiger partial charge on any atom is 0.232 e. The number of hydrogen-bond donors (Lipinski definition) is 0. The molecule has 0 radical (unpaired) electrons. The molecule has 0 heterocycles. The molecule has 18 heavy (non-hydrogen) atoms. The molecule has 5 nitrogen and oxygen atoms in total. The van der Waals surface area contributed by atoms with Gasteiger partial charge in [-0.2, -0.15) is 0 Å². The highest BCUT2D eigenvalue weighted by molar-refractivity contribution is 8.13. The zero-order chi connectivity index (χ0) is 13.9. The van der Waals surface area contributed by atoms with Gasteiger partial charge in [-0.1, -0.05) is 13.3 Å². The average molecular weight is 303 g/mol. The summed E-state index contributed by atoms with van der Waals surface area (Å²) in [5.41, 5.74) is 0. The molecule has 0 bridgehead atoms. The van der Waals surface area contributed by atoms with Crippen LogP contribution in [0.25, 0.3) is 0 Å². The van der Waals surface area contributed by atoms with E-state index < -0.39 is 9.05 Å². The molecule has 0 aromatic carbocycles. The number of hydrogen-bond acceptors (Lipinski definition) is 5. The minimum Gasteiger partial charge on any atom is -0.382 e. The topological polar surface area (TPSA) is 61.8 Å². The second kappa shape index (κ2) is 11.0. The molecule has 1 unspecified atom stereocenters. The van der Waals surface area contributed by atoms with Gasteiger partial charge in [0.2, 0.25) is 9.05 Å². The second-order valence-corrected chi connectivity index (χ2v) is 6.86. The summed E-state index contributed by atoms with van der Waals surface area (Å²) in [4.78, 5) is 0. The zero-order valence-electron chi connectivity index (χ0n) is 11.1. The fraction of sp³-hybridized carbons (Fsp3) is 1.00. The molecule has 110 valence electrons. The molecule has 0 rings (SSSR count). The second-order valence-electron chi connectivity index (χ2n) is 4.04. The quantitative estimate of drug-likeness (QED) is 0.405. The predicted molar refractivity (Wildman–Crippen MR) is 71.6 cm³/mol. The molecule has 0 saturated carbocycles. The van der Waals surface area contributed by atoms with Crippen molar-refractivity contribution in [3.05, 3.63) is 0 Å². The third-order valence-electron chi connectivity index (χ3n) is 2.29. The normalized spacial score (nSPS) is 13.7. The van der Waals surface area contributed by atoms with Gasteiger partial charge in [-0.15, -0.1) is 0 Å². The third kappa shape index (κ3) is 12.6. The highest BCUT2D eigenvalue weighted by Crippen LogP contribution is 2.12. The summed E-state index contributed by atoms with van der Waals surface area (Å²) in [6, 6.07) is 0. The van der Waals surface area contributed by atoms with E-state index in [0.717, 1.165) is 12.8 Å². The maximum atomic E-state index is 11.0. The van der Waals surface area contributed by atoms with Crippen LogP contribution in [0.5, 0.6) is 0 Å². The van der Waals surface area contributed by atoms with Crippen LogP contribution in [0.1, 0.15) is 19.8 Å². The summed E-state index contributed by atoms with van der Waals surface area (Å²) in [6.07, 6.45) is 1.70. The Balaban J connectivity index is 3.64. The van der Waals surface area contributed by atoms with Crippen LogP contribution in [0, 0.1) is 5.92 Å². The van der Waals surface area contributed by atoms with E-state index in [-0.39, 0.29) is 11.7 Å². The van der Waals surface area contributed by atoms with Crippen LogP contribution < -0.4 is 0 Å². The van der Waals surface area contributed by atoms with Gasteiger partial charge in [-0.3, -0.25) is 0 Å². The molecule has 0 fully saturated rings. The molecule has 0 aromatic heterocycles. The number of methoxy groups -OCH3 is 1. The molecule has 0 aromatic rings. The van der Waals surface area contributed by atoms with Crippen molar-refractivity contribution in [1.82, 2.24) is 0 Å². The summed E-state index contributed by atoms with van der Waals surface area (Å²) >= 11 is 0. The lowest BCUT2D eigenvalue weighted by Crippen LogP contribution is -2.19. The Morgan fingerprint density at radius 1 is 1.11 bits per heavy atom. The van der Waals surface area contributed by atoms with Gasteiger partial charge in [0.05, 0.1) is 38.8 Å². The molecule has 0 saturated heterocycles. The highest BCUT2D eigenvalue weighted by Gasteiger charge is 2.16. The molecule has 0 aliphatic heterocycles. The van der Waals surface area contributed by atoms with Gasteiger partial charge in [0.1, 0.15) is 0 Å². The largest absolute Gasteiger partial charge is 0.382 e. The summed E-state index contributed by atoms with van der Waals surface area (Å²) in [5.74, 6) is -0.0797. The summed E-state index contributed by atoms with van der Waals surface area (Å²) in [5, 5.41) is 0. The van der Waals surface area contributed by atoms with Gasteiger partial charge < -0.3 is 14.2 Å². The van der Waals surface area contributed by atoms with E-state index in [4.69, 9.17) is 24.9 Å². The van der Waals surface area contributed by atoms with E-state index >= 15 is 0 Å². The van der Waals surface area contributed by atoms with Crippen molar-refractivity contribution in [2.45, 2.75) is 19.8 Å². The first-order valence-electron chi connectivity index (χ1n) is 6.06. The Labute approximate surface area is 114 Å². The van der Waals surface area contributed by atoms with E-state index in [0.29, 0.717) is 33.0 Å². The van der Waals surface area contributed by atoms with Crippen molar-refractivity contribution >= 4 is 19.7 Å². The van der Waals surface area contributed by atoms with Crippen molar-refractivity contribution < 1.29 is 22.6 Å². The molecule has 0 aliphatic rings. The fourth-order valence-corrected chi connectivity index (χ4v) is 2.88. The summed E-state index contributed by atoms with van der Waals surface area (Å²) in [7, 11) is 3.40. The minimum absolute atomic E-state index is 0.0348. The fourth-order valence-electron chi connectivity index (χ4n) is 1.52. The number of ether oxygens (including phenoxy) is 3. The third-order valence-corrected chi connectivity index (χ3v) is 3.54. The first-order valence-corrected chi connectivity index (χ1v) is 8.54. The van der Waals surface area contributed by atoms with Crippen LogP contribution >= 0.6 is 10.7 Å². The molecular weight excluding hydrogens is 280 g/mol. The van der Waals surface area contributed by atoms with Gasteiger partial charge in [0, 0.05) is 17.8 Å². The van der Waals surface area contributed by atoms with E-state index in [1.807, 2.05) is 6.92 Å². The molecule has 7 heteroatoms. The molecular formula is C11H23ClO5S. The van der Waals surface area contributed by atoms with Crippen LogP contribution in [0.3, 0.4) is 0 Å². The Morgan fingerprint density at radius 3 is 2.28 bits per heavy atom. The number of rotatable bonds is 12. The zero-order valence-corrected chi connectivity index (χ0v) is 12.6. The Bertz CT molecular complexity index is 281. The molecule has 0 aliphatic carbocycles. The Kier molecular flexibility index (Phi) is 11.1. The van der Waals surface area contributed by atoms with Crippen molar-refractivity contribution in [3.63, 3.8) is 0 Å². The van der Waals surface area contributed by atoms with Crippen LogP contribution in [0.15, 0.2) is 0 Å². The average Bonchev–Trinajstić information content (AvgIpc) is 2.26. The van der Waals surface area contributed by atoms with Crippen molar-refractivity contribution in [3.8, 4) is 0 Å². The summed E-state index contributed by atoms with van der Waals surface area (Å²) in [6.45, 7) is 4.43. The van der Waals surface area contributed by atoms with Gasteiger partial charge in [0.15, 0.2) is 0 Å². The first-order chi connectivity index (χ1) is 8.49. The van der Waals surface area contributed by atoms with E-state index in [9.17, 15) is 8.42 Å². The van der Waals surface area contributed by atoms with E-state index in [1.165, 1.54) is 0 Å². The highest BCUT2D eigenvalue weighted by atomic mass is 35.7. The standard InChI is InChI=1S/C11H23ClO5S/c1-3-4-11(10-18(12,13)14)9-17-8-7-16-6-5-15-2/h11H,3-10H2,1-2H3. The van der Waals surface area contributed by atoms with E-state index in [1.54, 1.807) is 7.11 Å². The van der Waals surface area contributed by atoms with Crippen LogP contribution in [-0.2, 0) is 23.3 Å². The maximum absolute atomic E-state index is 11.0. The summed E-state index contributed by atoms with van der Waals surface area (Å²) < 4.78 is 37.4. The lowest BCUT2D eigenvalue weighted by molar-refractivity contribution is 0.0166. The molecule has 0 spiro atoms. The molecule has 0 amide bonds. The molecule has 1 atom stereocenters.